The molecule has 6 heteroatoms. The Morgan fingerprint density at radius 2 is 2.05 bits per heavy atom. The molecule has 0 spiro atoms. The van der Waals surface area contributed by atoms with Crippen LogP contribution in [0.1, 0.15) is 31.2 Å². The van der Waals surface area contributed by atoms with Crippen molar-refractivity contribution in [2.24, 2.45) is 0 Å². The van der Waals surface area contributed by atoms with Gasteiger partial charge in [0, 0.05) is 11.6 Å². The Morgan fingerprint density at radius 1 is 1.37 bits per heavy atom. The number of fused-ring (bicyclic) bond motifs is 1. The SMILES string of the molecule is O=C(O)C1(c2c(F)cc3c(c2Br)OCO3)CCCC1. The van der Waals surface area contributed by atoms with Crippen LogP contribution in [-0.4, -0.2) is 17.9 Å². The summed E-state index contributed by atoms with van der Waals surface area (Å²) >= 11 is 3.29. The Labute approximate surface area is 117 Å². The molecule has 1 aromatic carbocycles. The summed E-state index contributed by atoms with van der Waals surface area (Å²) in [4.78, 5) is 11.7. The van der Waals surface area contributed by atoms with Crippen molar-refractivity contribution in [3.05, 3.63) is 21.9 Å². The number of aliphatic carboxylic acids is 1. The highest BCUT2D eigenvalue weighted by molar-refractivity contribution is 9.10. The fraction of sp³-hybridized carbons (Fsp3) is 0.462. The second-order valence-electron chi connectivity index (χ2n) is 4.88. The van der Waals surface area contributed by atoms with Crippen molar-refractivity contribution in [3.8, 4) is 11.5 Å². The van der Waals surface area contributed by atoms with Crippen LogP contribution in [0.15, 0.2) is 10.5 Å². The van der Waals surface area contributed by atoms with Crippen molar-refractivity contribution in [2.75, 3.05) is 6.79 Å². The van der Waals surface area contributed by atoms with Crippen LogP contribution in [0.5, 0.6) is 11.5 Å². The Hall–Kier alpha value is -1.30. The van der Waals surface area contributed by atoms with Gasteiger partial charge in [-0.15, -0.1) is 0 Å². The van der Waals surface area contributed by atoms with E-state index in [9.17, 15) is 14.3 Å². The lowest BCUT2D eigenvalue weighted by Crippen LogP contribution is -2.34. The molecule has 0 aromatic heterocycles. The van der Waals surface area contributed by atoms with Gasteiger partial charge < -0.3 is 14.6 Å². The van der Waals surface area contributed by atoms with Gasteiger partial charge in [-0.05, 0) is 28.8 Å². The molecule has 1 heterocycles. The predicted molar refractivity (Wildman–Crippen MR) is 68.0 cm³/mol. The average Bonchev–Trinajstić information content (AvgIpc) is 2.97. The number of rotatable bonds is 2. The van der Waals surface area contributed by atoms with Gasteiger partial charge in [-0.3, -0.25) is 4.79 Å². The number of carbonyl (C=O) groups is 1. The molecule has 4 nitrogen and oxygen atoms in total. The monoisotopic (exact) mass is 330 g/mol. The Morgan fingerprint density at radius 3 is 2.68 bits per heavy atom. The zero-order valence-electron chi connectivity index (χ0n) is 10.0. The Kier molecular flexibility index (Phi) is 2.92. The molecule has 102 valence electrons. The molecule has 1 saturated carbocycles. The number of hydrogen-bond donors (Lipinski definition) is 1. The second-order valence-corrected chi connectivity index (χ2v) is 5.67. The van der Waals surface area contributed by atoms with Crippen molar-refractivity contribution in [2.45, 2.75) is 31.1 Å². The van der Waals surface area contributed by atoms with Crippen molar-refractivity contribution in [1.29, 1.82) is 0 Å². The number of carboxylic acid groups (broad SMARTS) is 1. The molecular weight excluding hydrogens is 319 g/mol. The molecule has 1 N–H and O–H groups in total. The number of benzene rings is 1. The lowest BCUT2D eigenvalue weighted by Gasteiger charge is -2.26. The van der Waals surface area contributed by atoms with Crippen LogP contribution in [0.2, 0.25) is 0 Å². The minimum atomic E-state index is -1.16. The minimum absolute atomic E-state index is 0.0247. The molecule has 0 atom stereocenters. The Bertz CT molecular complexity index is 552. The molecule has 0 bridgehead atoms. The first kappa shape index (κ1) is 12.7. The maximum atomic E-state index is 14.3. The van der Waals surface area contributed by atoms with E-state index in [2.05, 4.69) is 15.9 Å². The normalized spacial score (nSPS) is 19.7. The van der Waals surface area contributed by atoms with Crippen LogP contribution in [-0.2, 0) is 10.2 Å². The van der Waals surface area contributed by atoms with Crippen LogP contribution >= 0.6 is 15.9 Å². The third-order valence-electron chi connectivity index (χ3n) is 3.90. The summed E-state index contributed by atoms with van der Waals surface area (Å²) in [6.45, 7) is 0.0247. The number of halogens is 2. The minimum Gasteiger partial charge on any atom is -0.481 e. The molecule has 1 aliphatic heterocycles. The van der Waals surface area contributed by atoms with E-state index in [1.165, 1.54) is 6.07 Å². The third-order valence-corrected chi connectivity index (χ3v) is 4.66. The highest BCUT2D eigenvalue weighted by Crippen LogP contribution is 2.51. The van der Waals surface area contributed by atoms with E-state index in [0.29, 0.717) is 28.8 Å². The summed E-state index contributed by atoms with van der Waals surface area (Å²) in [5, 5.41) is 9.56. The van der Waals surface area contributed by atoms with Gasteiger partial charge in [0.25, 0.3) is 0 Å². The smallest absolute Gasteiger partial charge is 0.314 e. The van der Waals surface area contributed by atoms with Gasteiger partial charge in [-0.25, -0.2) is 4.39 Å². The van der Waals surface area contributed by atoms with Gasteiger partial charge in [0.2, 0.25) is 6.79 Å². The first-order valence-corrected chi connectivity index (χ1v) is 6.87. The van der Waals surface area contributed by atoms with Crippen LogP contribution in [0, 0.1) is 5.82 Å². The summed E-state index contributed by atoms with van der Waals surface area (Å²) in [5.74, 6) is -0.834. The molecule has 0 amide bonds. The molecule has 3 rings (SSSR count). The van der Waals surface area contributed by atoms with E-state index in [1.54, 1.807) is 0 Å². The highest BCUT2D eigenvalue weighted by atomic mass is 79.9. The van der Waals surface area contributed by atoms with Gasteiger partial charge in [0.1, 0.15) is 5.82 Å². The van der Waals surface area contributed by atoms with E-state index in [1.807, 2.05) is 0 Å². The molecular formula is C13H12BrFO4. The van der Waals surface area contributed by atoms with Crippen molar-refractivity contribution < 1.29 is 23.8 Å². The number of carboxylic acids is 1. The standard InChI is InChI=1S/C13H12BrFO4/c14-10-9(13(12(16)17)3-1-2-4-13)7(15)5-8-11(10)19-6-18-8/h5H,1-4,6H2,(H,16,17). The van der Waals surface area contributed by atoms with E-state index in [-0.39, 0.29) is 12.4 Å². The molecule has 19 heavy (non-hydrogen) atoms. The van der Waals surface area contributed by atoms with Crippen LogP contribution in [0.4, 0.5) is 4.39 Å². The summed E-state index contributed by atoms with van der Waals surface area (Å²) in [5.41, 5.74) is -0.981. The third kappa shape index (κ3) is 1.73. The highest BCUT2D eigenvalue weighted by Gasteiger charge is 2.47. The first-order valence-electron chi connectivity index (χ1n) is 6.08. The van der Waals surface area contributed by atoms with E-state index in [4.69, 9.17) is 9.47 Å². The number of hydrogen-bond acceptors (Lipinski definition) is 3. The molecule has 1 fully saturated rings. The zero-order chi connectivity index (χ0) is 13.6. The molecule has 2 aliphatic rings. The van der Waals surface area contributed by atoms with E-state index in [0.717, 1.165) is 12.8 Å². The lowest BCUT2D eigenvalue weighted by molar-refractivity contribution is -0.143. The molecule has 0 saturated heterocycles. The maximum absolute atomic E-state index is 14.3. The maximum Gasteiger partial charge on any atom is 0.314 e. The van der Waals surface area contributed by atoms with Crippen LogP contribution in [0.3, 0.4) is 0 Å². The largest absolute Gasteiger partial charge is 0.481 e. The van der Waals surface area contributed by atoms with Gasteiger partial charge in [0.05, 0.1) is 9.89 Å². The molecule has 0 radical (unpaired) electrons. The van der Waals surface area contributed by atoms with Gasteiger partial charge in [0.15, 0.2) is 11.5 Å². The van der Waals surface area contributed by atoms with Crippen molar-refractivity contribution in [3.63, 3.8) is 0 Å². The van der Waals surface area contributed by atoms with Crippen LogP contribution < -0.4 is 9.47 Å². The topological polar surface area (TPSA) is 55.8 Å². The summed E-state index contributed by atoms with van der Waals surface area (Å²) < 4.78 is 25.1. The van der Waals surface area contributed by atoms with E-state index >= 15 is 0 Å². The number of ether oxygens (including phenoxy) is 2. The summed E-state index contributed by atoms with van der Waals surface area (Å²) in [6, 6.07) is 1.21. The summed E-state index contributed by atoms with van der Waals surface area (Å²) in [7, 11) is 0. The van der Waals surface area contributed by atoms with Gasteiger partial charge in [-0.1, -0.05) is 12.8 Å². The van der Waals surface area contributed by atoms with Gasteiger partial charge in [-0.2, -0.15) is 0 Å². The van der Waals surface area contributed by atoms with Crippen LogP contribution in [0.25, 0.3) is 0 Å². The molecule has 1 aliphatic carbocycles. The van der Waals surface area contributed by atoms with Crippen molar-refractivity contribution >= 4 is 21.9 Å². The van der Waals surface area contributed by atoms with Gasteiger partial charge >= 0.3 is 5.97 Å². The summed E-state index contributed by atoms with van der Waals surface area (Å²) in [6.07, 6.45) is 2.45. The predicted octanol–water partition coefficient (Wildman–Crippen LogP) is 3.21. The fourth-order valence-electron chi connectivity index (χ4n) is 2.96. The van der Waals surface area contributed by atoms with E-state index < -0.39 is 17.2 Å². The second kappa shape index (κ2) is 4.37. The zero-order valence-corrected chi connectivity index (χ0v) is 11.6. The molecule has 0 unspecified atom stereocenters. The quantitative estimate of drug-likeness (QED) is 0.904. The first-order chi connectivity index (χ1) is 9.06. The average molecular weight is 331 g/mol. The fourth-order valence-corrected chi connectivity index (χ4v) is 3.84. The lowest BCUT2D eigenvalue weighted by atomic mass is 9.78. The molecule has 1 aromatic rings. The van der Waals surface area contributed by atoms with Crippen molar-refractivity contribution in [1.82, 2.24) is 0 Å². The Balaban J connectivity index is 2.22.